The average molecular weight is 383 g/mol. The maximum atomic E-state index is 12.5. The van der Waals surface area contributed by atoms with Crippen molar-refractivity contribution in [2.75, 3.05) is 49.5 Å². The highest BCUT2D eigenvalue weighted by Crippen LogP contribution is 2.26. The SMILES string of the molecule is CCN1CCN(c2ccccc2NC(=O)NC(CO)Cc2ccccc2)CC1. The van der Waals surface area contributed by atoms with Crippen molar-refractivity contribution in [3.8, 4) is 0 Å². The van der Waals surface area contributed by atoms with Gasteiger partial charge in [0.2, 0.25) is 0 Å². The number of benzene rings is 2. The minimum absolute atomic E-state index is 0.108. The summed E-state index contributed by atoms with van der Waals surface area (Å²) in [6.45, 7) is 7.09. The van der Waals surface area contributed by atoms with Crippen LogP contribution in [0.2, 0.25) is 0 Å². The number of rotatable bonds is 7. The highest BCUT2D eigenvalue weighted by molar-refractivity contribution is 5.93. The molecule has 0 aliphatic carbocycles. The van der Waals surface area contributed by atoms with E-state index in [0.29, 0.717) is 6.42 Å². The van der Waals surface area contributed by atoms with Gasteiger partial charge in [-0.15, -0.1) is 0 Å². The van der Waals surface area contributed by atoms with E-state index in [2.05, 4.69) is 27.4 Å². The van der Waals surface area contributed by atoms with Gasteiger partial charge < -0.3 is 25.5 Å². The number of carbonyl (C=O) groups excluding carboxylic acids is 1. The lowest BCUT2D eigenvalue weighted by Gasteiger charge is -2.36. The van der Waals surface area contributed by atoms with Crippen LogP contribution in [-0.2, 0) is 6.42 Å². The zero-order valence-electron chi connectivity index (χ0n) is 16.5. The number of anilines is 2. The molecule has 0 saturated carbocycles. The summed E-state index contributed by atoms with van der Waals surface area (Å²) < 4.78 is 0. The molecule has 6 nitrogen and oxygen atoms in total. The first-order valence-electron chi connectivity index (χ1n) is 9.98. The van der Waals surface area contributed by atoms with Gasteiger partial charge in [-0.05, 0) is 30.7 Å². The monoisotopic (exact) mass is 382 g/mol. The van der Waals surface area contributed by atoms with Crippen LogP contribution in [0.15, 0.2) is 54.6 Å². The second-order valence-electron chi connectivity index (χ2n) is 7.11. The van der Waals surface area contributed by atoms with Gasteiger partial charge in [0.05, 0.1) is 24.0 Å². The van der Waals surface area contributed by atoms with Gasteiger partial charge in [-0.3, -0.25) is 0 Å². The van der Waals surface area contributed by atoms with Gasteiger partial charge in [0, 0.05) is 26.2 Å². The number of likely N-dealkylation sites (N-methyl/N-ethyl adjacent to an activating group) is 1. The van der Waals surface area contributed by atoms with Gasteiger partial charge in [0.25, 0.3) is 0 Å². The molecular weight excluding hydrogens is 352 g/mol. The van der Waals surface area contributed by atoms with E-state index in [0.717, 1.165) is 49.7 Å². The van der Waals surface area contributed by atoms with Crippen molar-refractivity contribution in [1.29, 1.82) is 0 Å². The van der Waals surface area contributed by atoms with Crippen molar-refractivity contribution < 1.29 is 9.90 Å². The predicted octanol–water partition coefficient (Wildman–Crippen LogP) is 2.55. The lowest BCUT2D eigenvalue weighted by Crippen LogP contribution is -2.46. The maximum Gasteiger partial charge on any atom is 0.319 e. The molecule has 1 atom stereocenters. The Balaban J connectivity index is 1.61. The van der Waals surface area contributed by atoms with Crippen LogP contribution in [-0.4, -0.2) is 61.4 Å². The summed E-state index contributed by atoms with van der Waals surface area (Å²) in [5.74, 6) is 0. The summed E-state index contributed by atoms with van der Waals surface area (Å²) in [5.41, 5.74) is 2.91. The number of hydrogen-bond acceptors (Lipinski definition) is 4. The molecule has 28 heavy (non-hydrogen) atoms. The van der Waals surface area contributed by atoms with Crippen LogP contribution in [0, 0.1) is 0 Å². The first kappa shape index (κ1) is 20.2. The van der Waals surface area contributed by atoms with Gasteiger partial charge in [-0.2, -0.15) is 0 Å². The minimum atomic E-state index is -0.331. The maximum absolute atomic E-state index is 12.5. The molecule has 2 aromatic rings. The molecule has 3 rings (SSSR count). The van der Waals surface area contributed by atoms with E-state index in [1.54, 1.807) is 0 Å². The summed E-state index contributed by atoms with van der Waals surface area (Å²) >= 11 is 0. The summed E-state index contributed by atoms with van der Waals surface area (Å²) in [6, 6.07) is 17.1. The molecule has 0 aromatic heterocycles. The molecule has 2 amide bonds. The number of nitrogens with zero attached hydrogens (tertiary/aromatic N) is 2. The quantitative estimate of drug-likeness (QED) is 0.688. The van der Waals surface area contributed by atoms with E-state index in [4.69, 9.17) is 0 Å². The third-order valence-corrected chi connectivity index (χ3v) is 5.19. The van der Waals surface area contributed by atoms with E-state index in [9.17, 15) is 9.90 Å². The molecule has 0 radical (unpaired) electrons. The molecule has 150 valence electrons. The van der Waals surface area contributed by atoms with Crippen molar-refractivity contribution >= 4 is 17.4 Å². The van der Waals surface area contributed by atoms with Crippen molar-refractivity contribution in [3.63, 3.8) is 0 Å². The first-order chi connectivity index (χ1) is 13.7. The molecule has 1 unspecified atom stereocenters. The molecule has 0 bridgehead atoms. The van der Waals surface area contributed by atoms with Crippen LogP contribution in [0.1, 0.15) is 12.5 Å². The van der Waals surface area contributed by atoms with Gasteiger partial charge in [0.15, 0.2) is 0 Å². The lowest BCUT2D eigenvalue weighted by atomic mass is 10.1. The Hall–Kier alpha value is -2.57. The molecule has 1 heterocycles. The van der Waals surface area contributed by atoms with E-state index in [-0.39, 0.29) is 18.7 Å². The van der Waals surface area contributed by atoms with Crippen LogP contribution in [0.4, 0.5) is 16.2 Å². The predicted molar refractivity (Wildman–Crippen MR) is 114 cm³/mol. The fourth-order valence-electron chi connectivity index (χ4n) is 3.56. The molecule has 1 saturated heterocycles. The number of aliphatic hydroxyl groups excluding tert-OH is 1. The van der Waals surface area contributed by atoms with E-state index in [1.807, 2.05) is 54.6 Å². The second-order valence-corrected chi connectivity index (χ2v) is 7.11. The van der Waals surface area contributed by atoms with E-state index < -0.39 is 0 Å². The molecular formula is C22H30N4O2. The van der Waals surface area contributed by atoms with Gasteiger partial charge >= 0.3 is 6.03 Å². The number of amides is 2. The van der Waals surface area contributed by atoms with Crippen LogP contribution in [0.25, 0.3) is 0 Å². The number of aliphatic hydroxyl groups is 1. The van der Waals surface area contributed by atoms with E-state index >= 15 is 0 Å². The molecule has 3 N–H and O–H groups in total. The minimum Gasteiger partial charge on any atom is -0.394 e. The van der Waals surface area contributed by atoms with Crippen LogP contribution >= 0.6 is 0 Å². The Bertz CT molecular complexity index is 745. The number of nitrogens with one attached hydrogen (secondary N) is 2. The third-order valence-electron chi connectivity index (χ3n) is 5.19. The fourth-order valence-corrected chi connectivity index (χ4v) is 3.56. The van der Waals surface area contributed by atoms with Crippen molar-refractivity contribution in [1.82, 2.24) is 10.2 Å². The Labute approximate surface area is 167 Å². The molecule has 1 fully saturated rings. The van der Waals surface area contributed by atoms with Crippen LogP contribution < -0.4 is 15.5 Å². The molecule has 0 spiro atoms. The number of urea groups is 1. The van der Waals surface area contributed by atoms with Gasteiger partial charge in [-0.1, -0.05) is 49.4 Å². The lowest BCUT2D eigenvalue weighted by molar-refractivity contribution is 0.224. The third kappa shape index (κ3) is 5.47. The number of hydrogen-bond donors (Lipinski definition) is 3. The molecule has 1 aliphatic heterocycles. The number of piperazine rings is 1. The smallest absolute Gasteiger partial charge is 0.319 e. The van der Waals surface area contributed by atoms with Crippen molar-refractivity contribution in [2.45, 2.75) is 19.4 Å². The van der Waals surface area contributed by atoms with Crippen molar-refractivity contribution in [2.24, 2.45) is 0 Å². The standard InChI is InChI=1S/C22H30N4O2/c1-2-25-12-14-26(15-13-25)21-11-7-6-10-20(21)24-22(28)23-19(17-27)16-18-8-4-3-5-9-18/h3-11,19,27H,2,12-17H2,1H3,(H2,23,24,28). The number of para-hydroxylation sites is 2. The van der Waals surface area contributed by atoms with E-state index in [1.165, 1.54) is 0 Å². The Morgan fingerprint density at radius 1 is 1.04 bits per heavy atom. The molecule has 2 aromatic carbocycles. The first-order valence-corrected chi connectivity index (χ1v) is 9.98. The Kier molecular flexibility index (Phi) is 7.28. The van der Waals surface area contributed by atoms with Gasteiger partial charge in [-0.25, -0.2) is 4.79 Å². The summed E-state index contributed by atoms with van der Waals surface area (Å²) in [6.07, 6.45) is 0.589. The fraction of sp³-hybridized carbons (Fsp3) is 0.409. The molecule has 1 aliphatic rings. The van der Waals surface area contributed by atoms with Crippen LogP contribution in [0.5, 0.6) is 0 Å². The second kappa shape index (κ2) is 10.1. The van der Waals surface area contributed by atoms with Crippen LogP contribution in [0.3, 0.4) is 0 Å². The highest BCUT2D eigenvalue weighted by atomic mass is 16.3. The Morgan fingerprint density at radius 2 is 1.71 bits per heavy atom. The zero-order chi connectivity index (χ0) is 19.8. The topological polar surface area (TPSA) is 67.8 Å². The normalized spacial score (nSPS) is 15.9. The molecule has 6 heteroatoms. The Morgan fingerprint density at radius 3 is 2.39 bits per heavy atom. The number of carbonyl (C=O) groups is 1. The summed E-state index contributed by atoms with van der Waals surface area (Å²) in [4.78, 5) is 17.3. The highest BCUT2D eigenvalue weighted by Gasteiger charge is 2.19. The largest absolute Gasteiger partial charge is 0.394 e. The average Bonchev–Trinajstić information content (AvgIpc) is 2.74. The summed E-state index contributed by atoms with van der Waals surface area (Å²) in [7, 11) is 0. The van der Waals surface area contributed by atoms with Gasteiger partial charge in [0.1, 0.15) is 0 Å². The zero-order valence-corrected chi connectivity index (χ0v) is 16.5. The summed E-state index contributed by atoms with van der Waals surface area (Å²) in [5, 5.41) is 15.5. The van der Waals surface area contributed by atoms with Crippen molar-refractivity contribution in [3.05, 3.63) is 60.2 Å².